The molecule has 0 radical (unpaired) electrons. The number of nitrogens with one attached hydrogen (secondary N) is 1. The summed E-state index contributed by atoms with van der Waals surface area (Å²) in [6, 6.07) is 5.90. The maximum absolute atomic E-state index is 11.0. The molecular weight excluding hydrogens is 238 g/mol. The highest BCUT2D eigenvalue weighted by atomic mass is 35.5. The molecule has 0 aliphatic carbocycles. The SMILES string of the molecule is O=C(CCl)NCc1cccc(N2CCCC2)n1. The summed E-state index contributed by atoms with van der Waals surface area (Å²) in [4.78, 5) is 17.8. The Balaban J connectivity index is 1.98. The Bertz CT molecular complexity index is 391. The third-order valence-electron chi connectivity index (χ3n) is 2.81. The zero-order valence-corrected chi connectivity index (χ0v) is 10.4. The number of anilines is 1. The lowest BCUT2D eigenvalue weighted by Gasteiger charge is -2.16. The van der Waals surface area contributed by atoms with E-state index in [0.29, 0.717) is 6.54 Å². The van der Waals surface area contributed by atoms with Crippen LogP contribution in [0.15, 0.2) is 18.2 Å². The average molecular weight is 254 g/mol. The van der Waals surface area contributed by atoms with Crippen molar-refractivity contribution >= 4 is 23.3 Å². The molecule has 1 aliphatic rings. The van der Waals surface area contributed by atoms with Gasteiger partial charge in [0.1, 0.15) is 11.7 Å². The standard InChI is InChI=1S/C12H16ClN3O/c13-8-12(17)14-9-10-4-3-5-11(15-10)16-6-1-2-7-16/h3-5H,1-2,6-9H2,(H,14,17). The van der Waals surface area contributed by atoms with Crippen molar-refractivity contribution in [3.8, 4) is 0 Å². The topological polar surface area (TPSA) is 45.2 Å². The van der Waals surface area contributed by atoms with Gasteiger partial charge in [0.15, 0.2) is 0 Å². The number of hydrogen-bond donors (Lipinski definition) is 1. The molecule has 1 fully saturated rings. The Labute approximate surface area is 106 Å². The van der Waals surface area contributed by atoms with Gasteiger partial charge in [0, 0.05) is 13.1 Å². The van der Waals surface area contributed by atoms with E-state index in [0.717, 1.165) is 24.6 Å². The van der Waals surface area contributed by atoms with E-state index < -0.39 is 0 Å². The van der Waals surface area contributed by atoms with Crippen molar-refractivity contribution in [2.45, 2.75) is 19.4 Å². The van der Waals surface area contributed by atoms with E-state index in [9.17, 15) is 4.79 Å². The van der Waals surface area contributed by atoms with E-state index in [-0.39, 0.29) is 11.8 Å². The normalized spacial score (nSPS) is 15.0. The van der Waals surface area contributed by atoms with Crippen molar-refractivity contribution in [1.82, 2.24) is 10.3 Å². The van der Waals surface area contributed by atoms with Crippen LogP contribution in [0.2, 0.25) is 0 Å². The molecule has 5 heteroatoms. The minimum Gasteiger partial charge on any atom is -0.357 e. The molecule has 0 unspecified atom stereocenters. The Hall–Kier alpha value is -1.29. The van der Waals surface area contributed by atoms with E-state index in [1.165, 1.54) is 12.8 Å². The monoisotopic (exact) mass is 253 g/mol. The maximum atomic E-state index is 11.0. The molecule has 1 aromatic heterocycles. The number of alkyl halides is 1. The summed E-state index contributed by atoms with van der Waals surface area (Å²) in [6.45, 7) is 2.59. The van der Waals surface area contributed by atoms with Gasteiger partial charge in [-0.25, -0.2) is 4.98 Å². The van der Waals surface area contributed by atoms with Crippen LogP contribution in [-0.2, 0) is 11.3 Å². The second-order valence-corrected chi connectivity index (χ2v) is 4.36. The van der Waals surface area contributed by atoms with E-state index in [4.69, 9.17) is 11.6 Å². The molecular formula is C12H16ClN3O. The Morgan fingerprint density at radius 2 is 2.18 bits per heavy atom. The fourth-order valence-corrected chi connectivity index (χ4v) is 2.02. The van der Waals surface area contributed by atoms with Crippen molar-refractivity contribution in [1.29, 1.82) is 0 Å². The summed E-state index contributed by atoms with van der Waals surface area (Å²) in [5.41, 5.74) is 0.868. The van der Waals surface area contributed by atoms with Crippen LogP contribution in [0.1, 0.15) is 18.5 Å². The zero-order chi connectivity index (χ0) is 12.1. The third-order valence-corrected chi connectivity index (χ3v) is 3.05. The van der Waals surface area contributed by atoms with Gasteiger partial charge in [0.25, 0.3) is 0 Å². The number of hydrogen-bond acceptors (Lipinski definition) is 3. The van der Waals surface area contributed by atoms with Gasteiger partial charge in [-0.15, -0.1) is 11.6 Å². The van der Waals surface area contributed by atoms with Gasteiger partial charge >= 0.3 is 0 Å². The largest absolute Gasteiger partial charge is 0.357 e. The minimum absolute atomic E-state index is 0.00812. The minimum atomic E-state index is -0.167. The molecule has 0 saturated carbocycles. The van der Waals surface area contributed by atoms with E-state index in [1.54, 1.807) is 0 Å². The first kappa shape index (κ1) is 12.2. The highest BCUT2D eigenvalue weighted by Gasteiger charge is 2.13. The number of amides is 1. The second kappa shape index (κ2) is 5.87. The predicted octanol–water partition coefficient (Wildman–Crippen LogP) is 1.54. The first-order chi connectivity index (χ1) is 8.29. The molecule has 0 aromatic carbocycles. The van der Waals surface area contributed by atoms with Crippen molar-refractivity contribution in [3.63, 3.8) is 0 Å². The molecule has 1 N–H and O–H groups in total. The van der Waals surface area contributed by atoms with Crippen LogP contribution in [0, 0.1) is 0 Å². The molecule has 1 aliphatic heterocycles. The van der Waals surface area contributed by atoms with Crippen LogP contribution < -0.4 is 10.2 Å². The Kier molecular flexibility index (Phi) is 4.20. The van der Waals surface area contributed by atoms with E-state index >= 15 is 0 Å². The summed E-state index contributed by atoms with van der Waals surface area (Å²) in [5, 5.41) is 2.71. The predicted molar refractivity (Wildman–Crippen MR) is 68.3 cm³/mol. The van der Waals surface area contributed by atoms with Gasteiger partial charge in [0.2, 0.25) is 5.91 Å². The van der Waals surface area contributed by atoms with Crippen LogP contribution in [0.25, 0.3) is 0 Å². The smallest absolute Gasteiger partial charge is 0.235 e. The first-order valence-corrected chi connectivity index (χ1v) is 6.36. The fourth-order valence-electron chi connectivity index (χ4n) is 1.92. The average Bonchev–Trinajstić information content (AvgIpc) is 2.90. The lowest BCUT2D eigenvalue weighted by Crippen LogP contribution is -2.25. The molecule has 1 saturated heterocycles. The zero-order valence-electron chi connectivity index (χ0n) is 9.66. The first-order valence-electron chi connectivity index (χ1n) is 5.83. The van der Waals surface area contributed by atoms with Gasteiger partial charge in [-0.1, -0.05) is 6.07 Å². The van der Waals surface area contributed by atoms with Crippen LogP contribution >= 0.6 is 11.6 Å². The fraction of sp³-hybridized carbons (Fsp3) is 0.500. The number of aromatic nitrogens is 1. The molecule has 1 aromatic rings. The van der Waals surface area contributed by atoms with Gasteiger partial charge in [-0.2, -0.15) is 0 Å². The molecule has 1 amide bonds. The van der Waals surface area contributed by atoms with E-state index in [1.807, 2.05) is 18.2 Å². The second-order valence-electron chi connectivity index (χ2n) is 4.09. The third kappa shape index (κ3) is 3.33. The van der Waals surface area contributed by atoms with Crippen molar-refractivity contribution < 1.29 is 4.79 Å². The van der Waals surface area contributed by atoms with Gasteiger partial charge in [0.05, 0.1) is 12.2 Å². The summed E-state index contributed by atoms with van der Waals surface area (Å²) >= 11 is 5.41. The van der Waals surface area contributed by atoms with Gasteiger partial charge in [-0.3, -0.25) is 4.79 Å². The number of pyridine rings is 1. The molecule has 0 bridgehead atoms. The molecule has 2 rings (SSSR count). The van der Waals surface area contributed by atoms with Crippen LogP contribution in [-0.4, -0.2) is 29.9 Å². The maximum Gasteiger partial charge on any atom is 0.235 e. The number of carbonyl (C=O) groups is 1. The number of carbonyl (C=O) groups excluding carboxylic acids is 1. The highest BCUT2D eigenvalue weighted by molar-refractivity contribution is 6.27. The molecule has 92 valence electrons. The Morgan fingerprint density at radius 1 is 1.41 bits per heavy atom. The van der Waals surface area contributed by atoms with Crippen molar-refractivity contribution in [3.05, 3.63) is 23.9 Å². The summed E-state index contributed by atoms with van der Waals surface area (Å²) in [5.74, 6) is 0.825. The molecule has 17 heavy (non-hydrogen) atoms. The van der Waals surface area contributed by atoms with Gasteiger partial charge < -0.3 is 10.2 Å². The molecule has 4 nitrogen and oxygen atoms in total. The quantitative estimate of drug-likeness (QED) is 0.828. The van der Waals surface area contributed by atoms with Crippen LogP contribution in [0.5, 0.6) is 0 Å². The Morgan fingerprint density at radius 3 is 2.88 bits per heavy atom. The molecule has 2 heterocycles. The summed E-state index contributed by atoms with van der Waals surface area (Å²) in [6.07, 6.45) is 2.46. The van der Waals surface area contributed by atoms with Gasteiger partial charge in [-0.05, 0) is 25.0 Å². The summed E-state index contributed by atoms with van der Waals surface area (Å²) < 4.78 is 0. The van der Waals surface area contributed by atoms with E-state index in [2.05, 4.69) is 15.2 Å². The number of halogens is 1. The van der Waals surface area contributed by atoms with Crippen molar-refractivity contribution in [2.24, 2.45) is 0 Å². The molecule has 0 atom stereocenters. The van der Waals surface area contributed by atoms with Crippen molar-refractivity contribution in [2.75, 3.05) is 23.9 Å². The number of nitrogens with zero attached hydrogens (tertiary/aromatic N) is 2. The summed E-state index contributed by atoms with van der Waals surface area (Å²) in [7, 11) is 0. The lowest BCUT2D eigenvalue weighted by molar-refractivity contribution is -0.118. The van der Waals surface area contributed by atoms with Crippen LogP contribution in [0.4, 0.5) is 5.82 Å². The van der Waals surface area contributed by atoms with Crippen LogP contribution in [0.3, 0.4) is 0 Å². The molecule has 0 spiro atoms. The lowest BCUT2D eigenvalue weighted by atomic mass is 10.3. The number of rotatable bonds is 4. The highest BCUT2D eigenvalue weighted by Crippen LogP contribution is 2.17.